The summed E-state index contributed by atoms with van der Waals surface area (Å²) in [4.78, 5) is 21.8. The van der Waals surface area contributed by atoms with Crippen molar-refractivity contribution in [1.29, 1.82) is 0 Å². The van der Waals surface area contributed by atoms with Gasteiger partial charge in [-0.3, -0.25) is 9.59 Å². The van der Waals surface area contributed by atoms with Crippen molar-refractivity contribution in [1.82, 2.24) is 5.32 Å². The molecular weight excluding hydrogens is 168 g/mol. The second kappa shape index (κ2) is 4.07. The summed E-state index contributed by atoms with van der Waals surface area (Å²) in [6, 6.07) is 0. The van der Waals surface area contributed by atoms with E-state index in [2.05, 4.69) is 5.32 Å². The molecule has 1 aliphatic carbocycles. The van der Waals surface area contributed by atoms with Gasteiger partial charge in [0, 0.05) is 5.57 Å². The van der Waals surface area contributed by atoms with Crippen LogP contribution in [0.3, 0.4) is 0 Å². The number of hydrogen-bond donors (Lipinski definition) is 2. The maximum Gasteiger partial charge on any atom is 0.247 e. The molecule has 0 atom stereocenters. The zero-order valence-electron chi connectivity index (χ0n) is 7.72. The first kappa shape index (κ1) is 9.77. The van der Waals surface area contributed by atoms with Crippen LogP contribution in [0.25, 0.3) is 0 Å². The number of allylic oxidation sites excluding steroid dienone is 1. The fourth-order valence-electron chi connectivity index (χ4n) is 1.48. The molecule has 0 aromatic heterocycles. The van der Waals surface area contributed by atoms with Crippen LogP contribution in [0.5, 0.6) is 0 Å². The Bertz CT molecular complexity index is 269. The van der Waals surface area contributed by atoms with E-state index in [-0.39, 0.29) is 12.5 Å². The van der Waals surface area contributed by atoms with Gasteiger partial charge in [-0.25, -0.2) is 0 Å². The molecule has 1 aliphatic rings. The van der Waals surface area contributed by atoms with Crippen LogP contribution in [-0.4, -0.2) is 18.4 Å². The maximum atomic E-state index is 11.4. The summed E-state index contributed by atoms with van der Waals surface area (Å²) < 4.78 is 0. The molecule has 0 unspecified atom stereocenters. The lowest BCUT2D eigenvalue weighted by Crippen LogP contribution is -2.34. The summed E-state index contributed by atoms with van der Waals surface area (Å²) in [7, 11) is 0. The Morgan fingerprint density at radius 2 is 2.15 bits per heavy atom. The van der Waals surface area contributed by atoms with Gasteiger partial charge in [0.2, 0.25) is 11.8 Å². The van der Waals surface area contributed by atoms with E-state index in [0.29, 0.717) is 0 Å². The lowest BCUT2D eigenvalue weighted by Gasteiger charge is -2.03. The van der Waals surface area contributed by atoms with Gasteiger partial charge in [0.25, 0.3) is 0 Å². The summed E-state index contributed by atoms with van der Waals surface area (Å²) in [5, 5.41) is 2.48. The van der Waals surface area contributed by atoms with E-state index in [9.17, 15) is 9.59 Å². The average molecular weight is 182 g/mol. The second-order valence-corrected chi connectivity index (χ2v) is 3.26. The minimum Gasteiger partial charge on any atom is -0.368 e. The SMILES string of the molecule is CC1=C(C(=O)NCC(N)=O)CCC1. The largest absolute Gasteiger partial charge is 0.368 e. The van der Waals surface area contributed by atoms with E-state index >= 15 is 0 Å². The molecule has 0 heterocycles. The van der Waals surface area contributed by atoms with Crippen molar-refractivity contribution in [3.63, 3.8) is 0 Å². The predicted molar refractivity (Wildman–Crippen MR) is 48.8 cm³/mol. The number of amides is 2. The molecule has 3 N–H and O–H groups in total. The minimum atomic E-state index is -0.510. The van der Waals surface area contributed by atoms with Gasteiger partial charge < -0.3 is 11.1 Å². The molecule has 72 valence electrons. The van der Waals surface area contributed by atoms with Gasteiger partial charge in [-0.05, 0) is 26.2 Å². The van der Waals surface area contributed by atoms with Crippen molar-refractivity contribution in [3.8, 4) is 0 Å². The highest BCUT2D eigenvalue weighted by atomic mass is 16.2. The Kier molecular flexibility index (Phi) is 3.06. The molecular formula is C9H14N2O2. The molecule has 0 spiro atoms. The van der Waals surface area contributed by atoms with E-state index in [1.54, 1.807) is 0 Å². The third-order valence-corrected chi connectivity index (χ3v) is 2.19. The zero-order chi connectivity index (χ0) is 9.84. The topological polar surface area (TPSA) is 72.2 Å². The standard InChI is InChI=1S/C9H14N2O2/c1-6-3-2-4-7(6)9(13)11-5-8(10)12/h2-5H2,1H3,(H2,10,12)(H,11,13). The van der Waals surface area contributed by atoms with E-state index in [0.717, 1.165) is 30.4 Å². The van der Waals surface area contributed by atoms with Crippen molar-refractivity contribution in [2.45, 2.75) is 26.2 Å². The molecule has 2 amide bonds. The Morgan fingerprint density at radius 1 is 1.46 bits per heavy atom. The van der Waals surface area contributed by atoms with Crippen molar-refractivity contribution in [2.24, 2.45) is 5.73 Å². The molecule has 0 fully saturated rings. The number of nitrogens with two attached hydrogens (primary N) is 1. The van der Waals surface area contributed by atoms with Gasteiger partial charge in [-0.1, -0.05) is 5.57 Å². The Morgan fingerprint density at radius 3 is 2.62 bits per heavy atom. The Balaban J connectivity index is 2.48. The lowest BCUT2D eigenvalue weighted by molar-refractivity contribution is -0.122. The summed E-state index contributed by atoms with van der Waals surface area (Å²) in [6.45, 7) is 1.88. The summed E-state index contributed by atoms with van der Waals surface area (Å²) >= 11 is 0. The minimum absolute atomic E-state index is 0.0738. The van der Waals surface area contributed by atoms with Gasteiger partial charge in [0.1, 0.15) is 0 Å². The van der Waals surface area contributed by atoms with Crippen LogP contribution in [0, 0.1) is 0 Å². The van der Waals surface area contributed by atoms with E-state index in [1.165, 1.54) is 0 Å². The smallest absolute Gasteiger partial charge is 0.247 e. The van der Waals surface area contributed by atoms with Gasteiger partial charge in [0.05, 0.1) is 6.54 Å². The molecule has 0 aromatic rings. The van der Waals surface area contributed by atoms with E-state index in [1.807, 2.05) is 6.92 Å². The first-order valence-electron chi connectivity index (χ1n) is 4.36. The number of hydrogen-bond acceptors (Lipinski definition) is 2. The molecule has 4 heteroatoms. The summed E-state index contributed by atoms with van der Waals surface area (Å²) in [5.41, 5.74) is 6.85. The van der Waals surface area contributed by atoms with E-state index < -0.39 is 5.91 Å². The Hall–Kier alpha value is -1.32. The van der Waals surface area contributed by atoms with Crippen molar-refractivity contribution >= 4 is 11.8 Å². The molecule has 0 bridgehead atoms. The maximum absolute atomic E-state index is 11.4. The quantitative estimate of drug-likeness (QED) is 0.649. The van der Waals surface area contributed by atoms with Crippen LogP contribution in [-0.2, 0) is 9.59 Å². The van der Waals surface area contributed by atoms with Crippen LogP contribution in [0.2, 0.25) is 0 Å². The van der Waals surface area contributed by atoms with Crippen molar-refractivity contribution in [3.05, 3.63) is 11.1 Å². The molecule has 13 heavy (non-hydrogen) atoms. The summed E-state index contributed by atoms with van der Waals surface area (Å²) in [6.07, 6.45) is 2.83. The number of nitrogens with one attached hydrogen (secondary N) is 1. The number of rotatable bonds is 3. The second-order valence-electron chi connectivity index (χ2n) is 3.26. The Labute approximate surface area is 77.2 Å². The molecule has 0 aromatic carbocycles. The summed E-state index contributed by atoms with van der Waals surface area (Å²) in [5.74, 6) is -0.654. The monoisotopic (exact) mass is 182 g/mol. The molecule has 1 rings (SSSR count). The van der Waals surface area contributed by atoms with Crippen molar-refractivity contribution < 1.29 is 9.59 Å². The van der Waals surface area contributed by atoms with Crippen LogP contribution < -0.4 is 11.1 Å². The van der Waals surface area contributed by atoms with Crippen LogP contribution in [0.4, 0.5) is 0 Å². The molecule has 0 radical (unpaired) electrons. The number of carbonyl (C=O) groups is 2. The average Bonchev–Trinajstić information content (AvgIpc) is 2.47. The lowest BCUT2D eigenvalue weighted by atomic mass is 10.1. The number of carbonyl (C=O) groups excluding carboxylic acids is 2. The highest BCUT2D eigenvalue weighted by Gasteiger charge is 2.17. The molecule has 0 saturated heterocycles. The zero-order valence-corrected chi connectivity index (χ0v) is 7.72. The molecule has 0 aliphatic heterocycles. The highest BCUT2D eigenvalue weighted by Crippen LogP contribution is 2.24. The van der Waals surface area contributed by atoms with Gasteiger partial charge in [-0.2, -0.15) is 0 Å². The van der Waals surface area contributed by atoms with Crippen LogP contribution in [0.1, 0.15) is 26.2 Å². The van der Waals surface area contributed by atoms with Gasteiger partial charge in [-0.15, -0.1) is 0 Å². The third kappa shape index (κ3) is 2.57. The predicted octanol–water partition coefficient (Wildman–Crippen LogP) is 0.0883. The first-order valence-corrected chi connectivity index (χ1v) is 4.36. The third-order valence-electron chi connectivity index (χ3n) is 2.19. The number of primary amides is 1. The normalized spacial score (nSPS) is 16.1. The van der Waals surface area contributed by atoms with Crippen LogP contribution >= 0.6 is 0 Å². The fourth-order valence-corrected chi connectivity index (χ4v) is 1.48. The van der Waals surface area contributed by atoms with Crippen LogP contribution in [0.15, 0.2) is 11.1 Å². The van der Waals surface area contributed by atoms with Gasteiger partial charge >= 0.3 is 0 Å². The highest BCUT2D eigenvalue weighted by molar-refractivity contribution is 5.96. The fraction of sp³-hybridized carbons (Fsp3) is 0.556. The molecule has 4 nitrogen and oxygen atoms in total. The van der Waals surface area contributed by atoms with Crippen molar-refractivity contribution in [2.75, 3.05) is 6.54 Å². The van der Waals surface area contributed by atoms with Gasteiger partial charge in [0.15, 0.2) is 0 Å². The van der Waals surface area contributed by atoms with E-state index in [4.69, 9.17) is 5.73 Å². The molecule has 0 saturated carbocycles. The first-order chi connectivity index (χ1) is 6.11.